The number of esters is 1. The number of aliphatic imine (C=N–C) groups is 1. The van der Waals surface area contributed by atoms with E-state index in [1.165, 1.54) is 30.4 Å². The van der Waals surface area contributed by atoms with Gasteiger partial charge in [-0.1, -0.05) is 30.3 Å². The summed E-state index contributed by atoms with van der Waals surface area (Å²) in [5, 5.41) is 10.3. The maximum absolute atomic E-state index is 12.8. The van der Waals surface area contributed by atoms with Crippen LogP contribution in [0.1, 0.15) is 68.2 Å². The van der Waals surface area contributed by atoms with Crippen molar-refractivity contribution in [2.45, 2.75) is 97.6 Å². The number of nitrogens with zero attached hydrogens (tertiary/aromatic N) is 3. The molecule has 1 aromatic heterocycles. The van der Waals surface area contributed by atoms with Gasteiger partial charge in [-0.3, -0.25) is 20.4 Å². The van der Waals surface area contributed by atoms with Gasteiger partial charge in [-0.15, -0.1) is 0 Å². The number of guanidine groups is 1. The van der Waals surface area contributed by atoms with E-state index in [-0.39, 0.29) is 37.2 Å². The molecule has 1 aromatic carbocycles. The Kier molecular flexibility index (Phi) is 19.5. The van der Waals surface area contributed by atoms with Crippen molar-refractivity contribution in [3.63, 3.8) is 0 Å². The number of thioether (sulfide) groups is 1. The Hall–Kier alpha value is -4.65. The SMILES string of the molecule is COC(=O)C(CCCN=C(NC(=O)OC(C)(C)C)NC(=O)OC(C)(C)C)NC(=O)[C@H](CSC)NC(=O)OC(C)C.Nc1nc(-c2ccccc2)ns1. The third-order valence-corrected chi connectivity index (χ3v) is 6.93. The number of carbonyl (C=O) groups excluding carboxylic acids is 5. The Bertz CT molecular complexity index is 1440. The normalized spacial score (nSPS) is 12.1. The fraction of sp³-hybridized carbons (Fsp3) is 0.576. The largest absolute Gasteiger partial charge is 0.467 e. The Balaban J connectivity index is 0.000000929. The quantitative estimate of drug-likeness (QED) is 0.0660. The molecule has 0 fully saturated rings. The lowest BCUT2D eigenvalue weighted by molar-refractivity contribution is -0.145. The van der Waals surface area contributed by atoms with Crippen LogP contribution in [0.15, 0.2) is 35.3 Å². The highest BCUT2D eigenvalue weighted by molar-refractivity contribution is 7.98. The highest BCUT2D eigenvalue weighted by atomic mass is 32.2. The number of ether oxygens (including phenoxy) is 4. The lowest BCUT2D eigenvalue weighted by Gasteiger charge is -2.22. The predicted molar refractivity (Wildman–Crippen MR) is 201 cm³/mol. The second kappa shape index (κ2) is 22.3. The van der Waals surface area contributed by atoms with Gasteiger partial charge in [0.15, 0.2) is 11.0 Å². The molecule has 52 heavy (non-hydrogen) atoms. The summed E-state index contributed by atoms with van der Waals surface area (Å²) in [6.07, 6.45) is -0.700. The van der Waals surface area contributed by atoms with Gasteiger partial charge >= 0.3 is 24.2 Å². The van der Waals surface area contributed by atoms with Crippen molar-refractivity contribution < 1.29 is 42.9 Å². The van der Waals surface area contributed by atoms with Gasteiger partial charge in [-0.25, -0.2) is 19.2 Å². The number of carbonyl (C=O) groups is 5. The maximum atomic E-state index is 12.8. The average molecular weight is 769 g/mol. The third kappa shape index (κ3) is 20.3. The molecule has 17 nitrogen and oxygen atoms in total. The number of aromatic nitrogens is 2. The van der Waals surface area contributed by atoms with Gasteiger partial charge in [0.25, 0.3) is 0 Å². The van der Waals surface area contributed by atoms with Gasteiger partial charge < -0.3 is 35.3 Å². The molecule has 6 N–H and O–H groups in total. The zero-order valence-corrected chi connectivity index (χ0v) is 33.0. The molecule has 4 amide bonds. The molecule has 1 heterocycles. The van der Waals surface area contributed by atoms with E-state index in [1.807, 2.05) is 30.3 Å². The van der Waals surface area contributed by atoms with Crippen LogP contribution in [-0.2, 0) is 28.5 Å². The van der Waals surface area contributed by atoms with Gasteiger partial charge in [0.1, 0.15) is 23.3 Å². The van der Waals surface area contributed by atoms with Gasteiger partial charge in [-0.2, -0.15) is 21.1 Å². The van der Waals surface area contributed by atoms with Gasteiger partial charge in [-0.05, 0) is 74.5 Å². The van der Waals surface area contributed by atoms with E-state index in [2.05, 4.69) is 35.6 Å². The number of nitrogens with two attached hydrogens (primary N) is 1. The second-order valence-corrected chi connectivity index (χ2v) is 14.8. The minimum absolute atomic E-state index is 0.0392. The van der Waals surface area contributed by atoms with Crippen molar-refractivity contribution in [2.24, 2.45) is 4.99 Å². The first kappa shape index (κ1) is 45.4. The predicted octanol–water partition coefficient (Wildman–Crippen LogP) is 4.48. The molecule has 0 bridgehead atoms. The van der Waals surface area contributed by atoms with Gasteiger partial charge in [0.05, 0.1) is 13.2 Å². The number of alkyl carbamates (subject to hydrolysis) is 3. The van der Waals surface area contributed by atoms with Crippen molar-refractivity contribution >= 4 is 64.5 Å². The van der Waals surface area contributed by atoms with E-state index >= 15 is 0 Å². The van der Waals surface area contributed by atoms with Crippen molar-refractivity contribution in [3.8, 4) is 11.4 Å². The number of anilines is 1. The van der Waals surface area contributed by atoms with Crippen molar-refractivity contribution in [1.82, 2.24) is 30.6 Å². The number of amides is 4. The maximum Gasteiger partial charge on any atom is 0.414 e. The Morgan fingerprint density at radius 1 is 0.904 bits per heavy atom. The highest BCUT2D eigenvalue weighted by Crippen LogP contribution is 2.18. The minimum Gasteiger partial charge on any atom is -0.467 e. The fourth-order valence-electron chi connectivity index (χ4n) is 3.74. The smallest absolute Gasteiger partial charge is 0.414 e. The second-order valence-electron chi connectivity index (χ2n) is 13.1. The zero-order valence-electron chi connectivity index (χ0n) is 31.4. The Labute approximate surface area is 313 Å². The molecule has 19 heteroatoms. The summed E-state index contributed by atoms with van der Waals surface area (Å²) in [6.45, 7) is 13.5. The molecule has 2 atom stereocenters. The summed E-state index contributed by atoms with van der Waals surface area (Å²) in [5.74, 6) is -0.544. The molecule has 0 saturated heterocycles. The van der Waals surface area contributed by atoms with E-state index in [4.69, 9.17) is 24.7 Å². The number of benzene rings is 1. The van der Waals surface area contributed by atoms with Crippen LogP contribution in [0.5, 0.6) is 0 Å². The molecule has 0 saturated carbocycles. The van der Waals surface area contributed by atoms with E-state index in [0.717, 1.165) is 5.56 Å². The van der Waals surface area contributed by atoms with E-state index in [9.17, 15) is 24.0 Å². The van der Waals surface area contributed by atoms with E-state index in [1.54, 1.807) is 61.6 Å². The zero-order chi connectivity index (χ0) is 39.5. The molecule has 0 radical (unpaired) electrons. The number of hydrogen-bond donors (Lipinski definition) is 5. The van der Waals surface area contributed by atoms with Crippen LogP contribution in [0.3, 0.4) is 0 Å². The molecule has 1 unspecified atom stereocenters. The van der Waals surface area contributed by atoms with Crippen LogP contribution in [0.25, 0.3) is 11.4 Å². The first-order valence-electron chi connectivity index (χ1n) is 16.3. The molecule has 2 rings (SSSR count). The lowest BCUT2D eigenvalue weighted by Crippen LogP contribution is -2.53. The van der Waals surface area contributed by atoms with Gasteiger partial charge in [0.2, 0.25) is 11.9 Å². The number of nitrogen functional groups attached to an aromatic ring is 1. The Morgan fingerprint density at radius 3 is 1.94 bits per heavy atom. The van der Waals surface area contributed by atoms with Crippen LogP contribution in [0.4, 0.5) is 19.5 Å². The standard InChI is InChI=1S/C25H45N5O9S.C8H7N3S/c1-15(2)37-21(33)28-17(14-40-10)18(31)27-16(19(32)36-9)12-11-13-26-20(29-22(34)38-24(3,4)5)30-23(35)39-25(6,7)8;9-8-10-7(11-12-8)6-4-2-1-3-5-6/h15-17H,11-14H2,1-10H3,(H,27,31)(H,28,33)(H2,26,29,30,34,35);1-5H,(H2,9,10,11)/t16?,17-;/m0./s1. The monoisotopic (exact) mass is 768 g/mol. The molecule has 0 aliphatic carbocycles. The average Bonchev–Trinajstić information content (AvgIpc) is 3.46. The van der Waals surface area contributed by atoms with E-state index in [0.29, 0.717) is 11.0 Å². The van der Waals surface area contributed by atoms with Crippen LogP contribution >= 0.6 is 23.3 Å². The molecular weight excluding hydrogens is 717 g/mol. The molecule has 2 aromatic rings. The Morgan fingerprint density at radius 2 is 1.48 bits per heavy atom. The first-order chi connectivity index (χ1) is 24.2. The van der Waals surface area contributed by atoms with Crippen LogP contribution in [0, 0.1) is 0 Å². The molecule has 0 spiro atoms. The van der Waals surface area contributed by atoms with Crippen LogP contribution in [0.2, 0.25) is 0 Å². The molecule has 0 aliphatic heterocycles. The molecule has 290 valence electrons. The number of nitrogens with one attached hydrogen (secondary N) is 4. The third-order valence-electron chi connectivity index (χ3n) is 5.72. The number of methoxy groups -OCH3 is 1. The van der Waals surface area contributed by atoms with Crippen molar-refractivity contribution in [3.05, 3.63) is 30.3 Å². The first-order valence-corrected chi connectivity index (χ1v) is 18.4. The van der Waals surface area contributed by atoms with Crippen LogP contribution in [-0.4, -0.2) is 101 Å². The fourth-order valence-corrected chi connectivity index (χ4v) is 4.76. The lowest BCUT2D eigenvalue weighted by atomic mass is 10.1. The topological polar surface area (TPSA) is 235 Å². The molecule has 0 aliphatic rings. The number of rotatable bonds is 12. The van der Waals surface area contributed by atoms with E-state index < -0.39 is 53.4 Å². The van der Waals surface area contributed by atoms with Gasteiger partial charge in [0, 0.05) is 29.4 Å². The minimum atomic E-state index is -1.04. The summed E-state index contributed by atoms with van der Waals surface area (Å²) in [5.41, 5.74) is 4.89. The summed E-state index contributed by atoms with van der Waals surface area (Å²) < 4.78 is 24.3. The number of hydrogen-bond acceptors (Lipinski definition) is 15. The van der Waals surface area contributed by atoms with Crippen LogP contribution < -0.4 is 27.0 Å². The highest BCUT2D eigenvalue weighted by Gasteiger charge is 2.28. The summed E-state index contributed by atoms with van der Waals surface area (Å²) in [4.78, 5) is 69.9. The van der Waals surface area contributed by atoms with Crippen molar-refractivity contribution in [2.75, 3.05) is 31.4 Å². The van der Waals surface area contributed by atoms with Crippen molar-refractivity contribution in [1.29, 1.82) is 0 Å². The summed E-state index contributed by atoms with van der Waals surface area (Å²) in [6, 6.07) is 7.79. The summed E-state index contributed by atoms with van der Waals surface area (Å²) >= 11 is 2.54. The molecular formula is C33H52N8O9S2. The summed E-state index contributed by atoms with van der Waals surface area (Å²) in [7, 11) is 1.19.